The summed E-state index contributed by atoms with van der Waals surface area (Å²) < 4.78 is 6.47. The van der Waals surface area contributed by atoms with Gasteiger partial charge < -0.3 is 20.4 Å². The van der Waals surface area contributed by atoms with E-state index in [-0.39, 0.29) is 6.10 Å². The first kappa shape index (κ1) is 18.8. The molecule has 0 amide bonds. The van der Waals surface area contributed by atoms with Gasteiger partial charge in [0, 0.05) is 48.7 Å². The number of aromatic nitrogens is 4. The number of ether oxygens (including phenoxy) is 1. The molecule has 5 heterocycles. The average molecular weight is 403 g/mol. The van der Waals surface area contributed by atoms with Crippen molar-refractivity contribution < 1.29 is 4.74 Å². The molecule has 0 radical (unpaired) electrons. The first-order valence-corrected chi connectivity index (χ1v) is 10.5. The highest BCUT2D eigenvalue weighted by molar-refractivity contribution is 6.11. The maximum absolute atomic E-state index is 6.47. The van der Waals surface area contributed by atoms with Gasteiger partial charge in [-0.1, -0.05) is 0 Å². The lowest BCUT2D eigenvalue weighted by molar-refractivity contribution is 0.0856. The Hall–Kier alpha value is -3.19. The van der Waals surface area contributed by atoms with Crippen molar-refractivity contribution in [3.8, 4) is 16.9 Å². The van der Waals surface area contributed by atoms with E-state index in [4.69, 9.17) is 10.5 Å². The zero-order valence-corrected chi connectivity index (χ0v) is 17.3. The lowest BCUT2D eigenvalue weighted by Gasteiger charge is -2.34. The van der Waals surface area contributed by atoms with Gasteiger partial charge in [-0.2, -0.15) is 0 Å². The van der Waals surface area contributed by atoms with Gasteiger partial charge in [0.2, 0.25) is 0 Å². The molecule has 0 saturated carbocycles. The number of likely N-dealkylation sites (tertiary alicyclic amines) is 1. The van der Waals surface area contributed by atoms with Crippen LogP contribution in [-0.4, -0.2) is 50.1 Å². The zero-order chi connectivity index (χ0) is 20.7. The van der Waals surface area contributed by atoms with E-state index in [1.807, 2.05) is 18.3 Å². The number of aromatic amines is 1. The second kappa shape index (κ2) is 7.57. The fraction of sp³-hybridized carbons (Fsp3) is 0.348. The molecule has 154 valence electrons. The van der Waals surface area contributed by atoms with E-state index >= 15 is 0 Å². The molecular weight excluding hydrogens is 376 g/mol. The van der Waals surface area contributed by atoms with E-state index in [9.17, 15) is 0 Å². The van der Waals surface area contributed by atoms with Crippen LogP contribution in [0.5, 0.6) is 5.75 Å². The first-order valence-electron chi connectivity index (χ1n) is 10.5. The van der Waals surface area contributed by atoms with E-state index in [0.717, 1.165) is 59.0 Å². The predicted octanol–water partition coefficient (Wildman–Crippen LogP) is 4.01. The molecular formula is C23H26N6O. The predicted molar refractivity (Wildman–Crippen MR) is 119 cm³/mol. The van der Waals surface area contributed by atoms with E-state index in [2.05, 4.69) is 44.7 Å². The fourth-order valence-corrected chi connectivity index (χ4v) is 4.25. The minimum Gasteiger partial charge on any atom is -0.486 e. The molecule has 0 aromatic carbocycles. The molecule has 5 rings (SSSR count). The SMILES string of the molecule is CC(C)N1CCC(Oc2c(N)ncc3[nH]c4ncc(-c5ccncc5)cc4c23)CC1. The van der Waals surface area contributed by atoms with Crippen LogP contribution in [-0.2, 0) is 0 Å². The summed E-state index contributed by atoms with van der Waals surface area (Å²) in [4.78, 5) is 18.9. The van der Waals surface area contributed by atoms with Crippen LogP contribution in [0.1, 0.15) is 26.7 Å². The van der Waals surface area contributed by atoms with Gasteiger partial charge in [0.15, 0.2) is 11.6 Å². The standard InChI is InChI=1S/C23H26N6O/c1-14(2)29-9-5-17(6-10-29)30-21-20-18-11-16(15-3-7-25-8-4-15)12-27-23(18)28-19(20)13-26-22(21)24/h3-4,7-8,11-14,17H,5-6,9-10H2,1-2H3,(H2,24,26)(H,27,28). The number of H-pyrrole nitrogens is 1. The molecule has 0 atom stereocenters. The van der Waals surface area contributed by atoms with Crippen molar-refractivity contribution in [3.05, 3.63) is 43.0 Å². The minimum atomic E-state index is 0.135. The van der Waals surface area contributed by atoms with Gasteiger partial charge in [-0.3, -0.25) is 4.98 Å². The van der Waals surface area contributed by atoms with Crippen LogP contribution in [0, 0.1) is 0 Å². The second-order valence-corrected chi connectivity index (χ2v) is 8.19. The highest BCUT2D eigenvalue weighted by Crippen LogP contribution is 2.38. The van der Waals surface area contributed by atoms with Gasteiger partial charge in [-0.05, 0) is 50.5 Å². The molecule has 30 heavy (non-hydrogen) atoms. The number of nitrogen functional groups attached to an aromatic ring is 1. The van der Waals surface area contributed by atoms with Gasteiger partial charge in [0.1, 0.15) is 11.8 Å². The maximum Gasteiger partial charge on any atom is 0.171 e. The Labute approximate surface area is 175 Å². The van der Waals surface area contributed by atoms with Gasteiger partial charge in [-0.25, -0.2) is 9.97 Å². The summed E-state index contributed by atoms with van der Waals surface area (Å²) in [5.41, 5.74) is 10.1. The molecule has 4 aromatic rings. The number of nitrogens with one attached hydrogen (secondary N) is 1. The Bertz CT molecular complexity index is 1180. The van der Waals surface area contributed by atoms with Crippen LogP contribution in [0.15, 0.2) is 43.0 Å². The molecule has 4 aromatic heterocycles. The topological polar surface area (TPSA) is 93.0 Å². The number of fused-ring (bicyclic) bond motifs is 3. The van der Waals surface area contributed by atoms with Crippen LogP contribution in [0.3, 0.4) is 0 Å². The Morgan fingerprint density at radius 1 is 1.10 bits per heavy atom. The number of piperidine rings is 1. The van der Waals surface area contributed by atoms with Crippen molar-refractivity contribution in [1.29, 1.82) is 0 Å². The van der Waals surface area contributed by atoms with Crippen LogP contribution in [0.2, 0.25) is 0 Å². The van der Waals surface area contributed by atoms with Crippen molar-refractivity contribution in [2.75, 3.05) is 18.8 Å². The molecule has 0 spiro atoms. The normalized spacial score (nSPS) is 16.0. The average Bonchev–Trinajstić information content (AvgIpc) is 3.15. The largest absolute Gasteiger partial charge is 0.486 e. The number of pyridine rings is 3. The van der Waals surface area contributed by atoms with Gasteiger partial charge in [0.25, 0.3) is 0 Å². The van der Waals surface area contributed by atoms with Crippen LogP contribution < -0.4 is 10.5 Å². The van der Waals surface area contributed by atoms with Crippen molar-refractivity contribution in [2.24, 2.45) is 0 Å². The molecule has 0 aliphatic carbocycles. The Kier molecular flexibility index (Phi) is 4.75. The molecule has 7 nitrogen and oxygen atoms in total. The van der Waals surface area contributed by atoms with Crippen molar-refractivity contribution in [1.82, 2.24) is 24.8 Å². The third-order valence-corrected chi connectivity index (χ3v) is 5.98. The zero-order valence-electron chi connectivity index (χ0n) is 17.3. The Morgan fingerprint density at radius 2 is 1.87 bits per heavy atom. The number of nitrogens with zero attached hydrogens (tertiary/aromatic N) is 4. The highest BCUT2D eigenvalue weighted by Gasteiger charge is 2.24. The molecule has 1 saturated heterocycles. The summed E-state index contributed by atoms with van der Waals surface area (Å²) in [6.07, 6.45) is 9.30. The summed E-state index contributed by atoms with van der Waals surface area (Å²) in [7, 11) is 0. The van der Waals surface area contributed by atoms with E-state index in [1.54, 1.807) is 18.6 Å². The van der Waals surface area contributed by atoms with Crippen molar-refractivity contribution in [3.63, 3.8) is 0 Å². The molecule has 1 aliphatic rings. The molecule has 1 aliphatic heterocycles. The molecule has 0 bridgehead atoms. The smallest absolute Gasteiger partial charge is 0.171 e. The van der Waals surface area contributed by atoms with Gasteiger partial charge >= 0.3 is 0 Å². The van der Waals surface area contributed by atoms with Crippen molar-refractivity contribution >= 4 is 27.8 Å². The molecule has 1 fully saturated rings. The van der Waals surface area contributed by atoms with Crippen LogP contribution >= 0.6 is 0 Å². The molecule has 7 heteroatoms. The summed E-state index contributed by atoms with van der Waals surface area (Å²) in [6.45, 7) is 6.55. The summed E-state index contributed by atoms with van der Waals surface area (Å²) in [6, 6.07) is 6.65. The number of nitrogens with two attached hydrogens (primary N) is 1. The van der Waals surface area contributed by atoms with E-state index in [1.165, 1.54) is 0 Å². The molecule has 3 N–H and O–H groups in total. The minimum absolute atomic E-state index is 0.135. The van der Waals surface area contributed by atoms with E-state index in [0.29, 0.717) is 17.6 Å². The summed E-state index contributed by atoms with van der Waals surface area (Å²) >= 11 is 0. The molecule has 0 unspecified atom stereocenters. The van der Waals surface area contributed by atoms with Gasteiger partial charge in [0.05, 0.1) is 17.1 Å². The number of hydrogen-bond donors (Lipinski definition) is 2. The number of rotatable bonds is 4. The maximum atomic E-state index is 6.47. The van der Waals surface area contributed by atoms with Crippen molar-refractivity contribution in [2.45, 2.75) is 38.8 Å². The van der Waals surface area contributed by atoms with E-state index < -0.39 is 0 Å². The summed E-state index contributed by atoms with van der Waals surface area (Å²) in [5, 5.41) is 1.94. The third kappa shape index (κ3) is 3.35. The third-order valence-electron chi connectivity index (χ3n) is 5.98. The highest BCUT2D eigenvalue weighted by atomic mass is 16.5. The number of anilines is 1. The Morgan fingerprint density at radius 3 is 2.60 bits per heavy atom. The second-order valence-electron chi connectivity index (χ2n) is 8.19. The fourth-order valence-electron chi connectivity index (χ4n) is 4.25. The lowest BCUT2D eigenvalue weighted by Crippen LogP contribution is -2.41. The first-order chi connectivity index (χ1) is 14.6. The van der Waals surface area contributed by atoms with Gasteiger partial charge in [-0.15, -0.1) is 0 Å². The monoisotopic (exact) mass is 402 g/mol. The summed E-state index contributed by atoms with van der Waals surface area (Å²) in [5.74, 6) is 1.08. The number of hydrogen-bond acceptors (Lipinski definition) is 6. The lowest BCUT2D eigenvalue weighted by atomic mass is 10.1. The van der Waals surface area contributed by atoms with Crippen LogP contribution in [0.25, 0.3) is 33.1 Å². The van der Waals surface area contributed by atoms with Crippen LogP contribution in [0.4, 0.5) is 5.82 Å². The Balaban J connectivity index is 1.55. The quantitative estimate of drug-likeness (QED) is 0.536.